The summed E-state index contributed by atoms with van der Waals surface area (Å²) in [6.45, 7) is 2.01. The summed E-state index contributed by atoms with van der Waals surface area (Å²) >= 11 is 3.23. The van der Waals surface area contributed by atoms with E-state index in [-0.39, 0.29) is 5.82 Å². The summed E-state index contributed by atoms with van der Waals surface area (Å²) in [5.74, 6) is -0.345. The Hall–Kier alpha value is -1.19. The third-order valence-electron chi connectivity index (χ3n) is 2.78. The fourth-order valence-corrected chi connectivity index (χ4v) is 2.43. The van der Waals surface area contributed by atoms with E-state index in [9.17, 15) is 9.50 Å². The lowest BCUT2D eigenvalue weighted by atomic mass is 10.0. The van der Waals surface area contributed by atoms with Gasteiger partial charge in [0.1, 0.15) is 5.82 Å². The summed E-state index contributed by atoms with van der Waals surface area (Å²) in [5, 5.41) is 10.1. The predicted molar refractivity (Wildman–Crippen MR) is 73.9 cm³/mol. The molecule has 0 heterocycles. The lowest BCUT2D eigenvalue weighted by Gasteiger charge is -2.12. The van der Waals surface area contributed by atoms with Gasteiger partial charge in [-0.05, 0) is 36.2 Å². The van der Waals surface area contributed by atoms with Crippen molar-refractivity contribution < 1.29 is 9.50 Å². The molecule has 18 heavy (non-hydrogen) atoms. The van der Waals surface area contributed by atoms with Crippen molar-refractivity contribution >= 4 is 15.9 Å². The van der Waals surface area contributed by atoms with Crippen LogP contribution in [0.3, 0.4) is 0 Å². The van der Waals surface area contributed by atoms with Crippen molar-refractivity contribution in [2.75, 3.05) is 0 Å². The van der Waals surface area contributed by atoms with Crippen LogP contribution in [-0.4, -0.2) is 5.11 Å². The molecule has 1 atom stereocenters. The maximum absolute atomic E-state index is 13.3. The van der Waals surface area contributed by atoms with E-state index in [1.807, 2.05) is 31.2 Å². The molecular weight excluding hydrogens is 295 g/mol. The van der Waals surface area contributed by atoms with E-state index in [2.05, 4.69) is 15.9 Å². The third kappa shape index (κ3) is 3.40. The molecule has 2 rings (SSSR count). The van der Waals surface area contributed by atoms with Crippen LogP contribution in [0.1, 0.15) is 22.8 Å². The van der Waals surface area contributed by atoms with Crippen molar-refractivity contribution in [3.8, 4) is 0 Å². The zero-order valence-electron chi connectivity index (χ0n) is 10.0. The number of hydrogen-bond acceptors (Lipinski definition) is 1. The second-order valence-corrected chi connectivity index (χ2v) is 5.33. The van der Waals surface area contributed by atoms with E-state index in [1.54, 1.807) is 6.07 Å². The van der Waals surface area contributed by atoms with E-state index in [1.165, 1.54) is 12.1 Å². The first-order chi connectivity index (χ1) is 8.54. The normalized spacial score (nSPS) is 12.4. The number of rotatable bonds is 3. The summed E-state index contributed by atoms with van der Waals surface area (Å²) in [7, 11) is 0. The Balaban J connectivity index is 2.19. The maximum atomic E-state index is 13.3. The minimum Gasteiger partial charge on any atom is -0.388 e. The van der Waals surface area contributed by atoms with Gasteiger partial charge in [-0.25, -0.2) is 4.39 Å². The van der Waals surface area contributed by atoms with Crippen LogP contribution in [0.2, 0.25) is 0 Å². The lowest BCUT2D eigenvalue weighted by Crippen LogP contribution is -2.02. The summed E-state index contributed by atoms with van der Waals surface area (Å²) < 4.78 is 13.9. The predicted octanol–water partition coefficient (Wildman–Crippen LogP) is 4.17. The van der Waals surface area contributed by atoms with Crippen LogP contribution in [-0.2, 0) is 6.42 Å². The average molecular weight is 309 g/mol. The Bertz CT molecular complexity index is 534. The number of halogens is 2. The Morgan fingerprint density at radius 2 is 2.00 bits per heavy atom. The van der Waals surface area contributed by atoms with Gasteiger partial charge in [0, 0.05) is 10.9 Å². The molecule has 0 saturated carbocycles. The highest BCUT2D eigenvalue weighted by molar-refractivity contribution is 9.10. The molecule has 0 amide bonds. The SMILES string of the molecule is Cc1cccc(CC(O)c2cc(F)cc(Br)c2)c1. The second kappa shape index (κ2) is 5.63. The van der Waals surface area contributed by atoms with Gasteiger partial charge in [0.25, 0.3) is 0 Å². The van der Waals surface area contributed by atoms with Crippen LogP contribution in [0, 0.1) is 12.7 Å². The van der Waals surface area contributed by atoms with Crippen LogP contribution >= 0.6 is 15.9 Å². The van der Waals surface area contributed by atoms with E-state index < -0.39 is 6.10 Å². The molecular formula is C15H14BrFO. The molecule has 1 unspecified atom stereocenters. The number of hydrogen-bond donors (Lipinski definition) is 1. The Kier molecular flexibility index (Phi) is 4.15. The second-order valence-electron chi connectivity index (χ2n) is 4.41. The highest BCUT2D eigenvalue weighted by atomic mass is 79.9. The molecule has 2 aromatic rings. The van der Waals surface area contributed by atoms with Crippen LogP contribution in [0.25, 0.3) is 0 Å². The zero-order chi connectivity index (χ0) is 13.1. The van der Waals surface area contributed by atoms with Gasteiger partial charge in [-0.15, -0.1) is 0 Å². The third-order valence-corrected chi connectivity index (χ3v) is 3.24. The summed E-state index contributed by atoms with van der Waals surface area (Å²) in [5.41, 5.74) is 2.78. The van der Waals surface area contributed by atoms with E-state index in [0.717, 1.165) is 11.1 Å². The molecule has 3 heteroatoms. The lowest BCUT2D eigenvalue weighted by molar-refractivity contribution is 0.178. The van der Waals surface area contributed by atoms with Crippen molar-refractivity contribution in [3.05, 3.63) is 69.4 Å². The number of aliphatic hydroxyl groups excluding tert-OH is 1. The molecule has 0 spiro atoms. The topological polar surface area (TPSA) is 20.2 Å². The smallest absolute Gasteiger partial charge is 0.124 e. The molecule has 1 N–H and O–H groups in total. The molecule has 2 aromatic carbocycles. The van der Waals surface area contributed by atoms with Crippen LogP contribution in [0.4, 0.5) is 4.39 Å². The molecule has 0 radical (unpaired) electrons. The monoisotopic (exact) mass is 308 g/mol. The first-order valence-electron chi connectivity index (χ1n) is 5.74. The Morgan fingerprint density at radius 1 is 1.22 bits per heavy atom. The molecule has 0 aliphatic rings. The van der Waals surface area contributed by atoms with E-state index in [0.29, 0.717) is 16.5 Å². The van der Waals surface area contributed by atoms with Crippen molar-refractivity contribution in [2.45, 2.75) is 19.4 Å². The number of aliphatic hydroxyl groups is 1. The molecule has 0 bridgehead atoms. The van der Waals surface area contributed by atoms with Crippen molar-refractivity contribution in [1.29, 1.82) is 0 Å². The fraction of sp³-hybridized carbons (Fsp3) is 0.200. The maximum Gasteiger partial charge on any atom is 0.124 e. The van der Waals surface area contributed by atoms with Crippen LogP contribution in [0.5, 0.6) is 0 Å². The van der Waals surface area contributed by atoms with E-state index >= 15 is 0 Å². The zero-order valence-corrected chi connectivity index (χ0v) is 11.6. The summed E-state index contributed by atoms with van der Waals surface area (Å²) in [6, 6.07) is 12.4. The van der Waals surface area contributed by atoms with Gasteiger partial charge in [-0.2, -0.15) is 0 Å². The minimum absolute atomic E-state index is 0.345. The highest BCUT2D eigenvalue weighted by Crippen LogP contribution is 2.23. The Labute approximate surface area is 114 Å². The van der Waals surface area contributed by atoms with E-state index in [4.69, 9.17) is 0 Å². The standard InChI is InChI=1S/C15H14BrFO/c1-10-3-2-4-11(5-10)6-15(18)12-7-13(16)9-14(17)8-12/h2-5,7-9,15,18H,6H2,1H3. The minimum atomic E-state index is -0.696. The van der Waals surface area contributed by atoms with Gasteiger partial charge in [-0.1, -0.05) is 45.8 Å². The van der Waals surface area contributed by atoms with Crippen molar-refractivity contribution in [1.82, 2.24) is 0 Å². The number of aryl methyl sites for hydroxylation is 1. The average Bonchev–Trinajstić information content (AvgIpc) is 2.27. The first kappa shape index (κ1) is 13.2. The molecule has 0 aliphatic heterocycles. The summed E-state index contributed by atoms with van der Waals surface area (Å²) in [4.78, 5) is 0. The fourth-order valence-electron chi connectivity index (χ4n) is 1.95. The molecule has 1 nitrogen and oxygen atoms in total. The first-order valence-corrected chi connectivity index (χ1v) is 6.53. The van der Waals surface area contributed by atoms with Crippen molar-refractivity contribution in [3.63, 3.8) is 0 Å². The van der Waals surface area contributed by atoms with Gasteiger partial charge < -0.3 is 5.11 Å². The highest BCUT2D eigenvalue weighted by Gasteiger charge is 2.10. The largest absolute Gasteiger partial charge is 0.388 e. The molecule has 0 aliphatic carbocycles. The molecule has 0 saturated heterocycles. The van der Waals surface area contributed by atoms with Crippen LogP contribution < -0.4 is 0 Å². The summed E-state index contributed by atoms with van der Waals surface area (Å²) in [6.07, 6.45) is -0.212. The molecule has 0 fully saturated rings. The quantitative estimate of drug-likeness (QED) is 0.902. The van der Waals surface area contributed by atoms with Gasteiger partial charge in [0.2, 0.25) is 0 Å². The van der Waals surface area contributed by atoms with Gasteiger partial charge in [-0.3, -0.25) is 0 Å². The van der Waals surface area contributed by atoms with Crippen LogP contribution in [0.15, 0.2) is 46.9 Å². The Morgan fingerprint density at radius 3 is 2.67 bits per heavy atom. The van der Waals surface area contributed by atoms with Gasteiger partial charge >= 0.3 is 0 Å². The molecule has 94 valence electrons. The van der Waals surface area contributed by atoms with Gasteiger partial charge in [0.15, 0.2) is 0 Å². The number of benzene rings is 2. The van der Waals surface area contributed by atoms with Gasteiger partial charge in [0.05, 0.1) is 6.10 Å². The molecule has 0 aromatic heterocycles. The van der Waals surface area contributed by atoms with Crippen molar-refractivity contribution in [2.24, 2.45) is 0 Å².